The molecule has 0 aliphatic heterocycles. The number of nitrogens with zero attached hydrogens (tertiary/aromatic N) is 1. The molecule has 0 saturated carbocycles. The number of para-hydroxylation sites is 2. The largest absolute Gasteiger partial charge is 0.419 e. The van der Waals surface area contributed by atoms with Crippen LogP contribution in [0.5, 0.6) is 5.75 Å². The normalized spacial score (nSPS) is 10.2. The Morgan fingerprint density at radius 1 is 1.15 bits per heavy atom. The van der Waals surface area contributed by atoms with Crippen LogP contribution in [0.3, 0.4) is 0 Å². The summed E-state index contributed by atoms with van der Waals surface area (Å²) < 4.78 is 5.41. The quantitative estimate of drug-likeness (QED) is 0.932. The molecule has 0 atom stereocenters. The Bertz CT molecular complexity index is 611. The summed E-state index contributed by atoms with van der Waals surface area (Å²) in [5, 5.41) is 0. The number of nitrogens with two attached hydrogens (primary N) is 1. The molecule has 4 nitrogen and oxygen atoms in total. The Hall–Kier alpha value is -2.33. The molecule has 0 bridgehead atoms. The number of anilines is 1. The maximum Gasteiger partial charge on any atom is 0.419 e. The van der Waals surface area contributed by atoms with E-state index in [1.54, 1.807) is 13.1 Å². The monoisotopic (exact) mass is 270 g/mol. The summed E-state index contributed by atoms with van der Waals surface area (Å²) in [7, 11) is 1.68. The summed E-state index contributed by atoms with van der Waals surface area (Å²) in [6.45, 7) is 2.27. The number of aryl methyl sites for hydroxylation is 1. The number of benzene rings is 2. The molecular weight excluding hydrogens is 252 g/mol. The third-order valence-electron chi connectivity index (χ3n) is 3.14. The molecule has 104 valence electrons. The predicted molar refractivity (Wildman–Crippen MR) is 79.9 cm³/mol. The van der Waals surface area contributed by atoms with Gasteiger partial charge in [-0.2, -0.15) is 0 Å². The molecule has 0 unspecified atom stereocenters. The number of carbonyl (C=O) groups excluding carboxylic acids is 1. The van der Waals surface area contributed by atoms with Crippen LogP contribution in [0.1, 0.15) is 11.1 Å². The van der Waals surface area contributed by atoms with Crippen molar-refractivity contribution >= 4 is 11.8 Å². The smallest absolute Gasteiger partial charge is 0.410 e. The van der Waals surface area contributed by atoms with Crippen LogP contribution in [0.25, 0.3) is 0 Å². The first-order valence-corrected chi connectivity index (χ1v) is 6.42. The highest BCUT2D eigenvalue weighted by Gasteiger charge is 2.16. The SMILES string of the molecule is Cc1ccccc1OC(=O)N(C)c1ccccc1CN. The van der Waals surface area contributed by atoms with E-state index in [2.05, 4.69) is 0 Å². The highest BCUT2D eigenvalue weighted by atomic mass is 16.6. The van der Waals surface area contributed by atoms with Crippen LogP contribution in [0, 0.1) is 6.92 Å². The fourth-order valence-corrected chi connectivity index (χ4v) is 1.94. The lowest BCUT2D eigenvalue weighted by atomic mass is 10.1. The van der Waals surface area contributed by atoms with Gasteiger partial charge in [0.05, 0.1) is 5.69 Å². The van der Waals surface area contributed by atoms with Crippen LogP contribution >= 0.6 is 0 Å². The maximum atomic E-state index is 12.2. The molecule has 0 saturated heterocycles. The summed E-state index contributed by atoms with van der Waals surface area (Å²) in [6, 6.07) is 14.9. The molecule has 1 amide bonds. The van der Waals surface area contributed by atoms with Gasteiger partial charge in [0.15, 0.2) is 0 Å². The molecule has 2 rings (SSSR count). The number of hydrogen-bond acceptors (Lipinski definition) is 3. The molecule has 0 fully saturated rings. The van der Waals surface area contributed by atoms with Crippen LogP contribution in [-0.2, 0) is 6.54 Å². The predicted octanol–water partition coefficient (Wildman–Crippen LogP) is 3.09. The van der Waals surface area contributed by atoms with Gasteiger partial charge in [-0.05, 0) is 30.2 Å². The van der Waals surface area contributed by atoms with Crippen molar-refractivity contribution < 1.29 is 9.53 Å². The molecule has 20 heavy (non-hydrogen) atoms. The van der Waals surface area contributed by atoms with Gasteiger partial charge < -0.3 is 10.5 Å². The zero-order chi connectivity index (χ0) is 14.5. The summed E-state index contributed by atoms with van der Waals surface area (Å²) in [4.78, 5) is 13.7. The first-order chi connectivity index (χ1) is 9.63. The first-order valence-electron chi connectivity index (χ1n) is 6.42. The van der Waals surface area contributed by atoms with E-state index >= 15 is 0 Å². The minimum atomic E-state index is -0.430. The number of amides is 1. The average Bonchev–Trinajstić information content (AvgIpc) is 2.48. The van der Waals surface area contributed by atoms with Crippen molar-refractivity contribution in [1.82, 2.24) is 0 Å². The van der Waals surface area contributed by atoms with Crippen LogP contribution in [0.4, 0.5) is 10.5 Å². The maximum absolute atomic E-state index is 12.2. The van der Waals surface area contributed by atoms with Crippen LogP contribution in [-0.4, -0.2) is 13.1 Å². The summed E-state index contributed by atoms with van der Waals surface area (Å²) in [6.07, 6.45) is -0.430. The molecule has 2 aromatic carbocycles. The van der Waals surface area contributed by atoms with Crippen molar-refractivity contribution in [2.75, 3.05) is 11.9 Å². The second-order valence-corrected chi connectivity index (χ2v) is 4.53. The average molecular weight is 270 g/mol. The molecule has 0 heterocycles. The first kappa shape index (κ1) is 14.1. The molecular formula is C16H18N2O2. The Labute approximate surface area is 118 Å². The topological polar surface area (TPSA) is 55.6 Å². The fourth-order valence-electron chi connectivity index (χ4n) is 1.94. The van der Waals surface area contributed by atoms with Gasteiger partial charge in [-0.1, -0.05) is 36.4 Å². The molecule has 0 spiro atoms. The van der Waals surface area contributed by atoms with Crippen LogP contribution in [0.2, 0.25) is 0 Å². The van der Waals surface area contributed by atoms with Crippen molar-refractivity contribution in [3.05, 3.63) is 59.7 Å². The number of ether oxygens (including phenoxy) is 1. The van der Waals surface area contributed by atoms with Gasteiger partial charge in [-0.25, -0.2) is 4.79 Å². The summed E-state index contributed by atoms with van der Waals surface area (Å²) in [5.41, 5.74) is 8.26. The van der Waals surface area contributed by atoms with Gasteiger partial charge >= 0.3 is 6.09 Å². The van der Waals surface area contributed by atoms with E-state index in [0.717, 1.165) is 16.8 Å². The standard InChI is InChI=1S/C16H18N2O2/c1-12-7-3-6-10-15(12)20-16(19)18(2)14-9-5-4-8-13(14)11-17/h3-10H,11,17H2,1-2H3. The summed E-state index contributed by atoms with van der Waals surface area (Å²) >= 11 is 0. The van der Waals surface area contributed by atoms with Crippen molar-refractivity contribution in [1.29, 1.82) is 0 Å². The highest BCUT2D eigenvalue weighted by Crippen LogP contribution is 2.22. The second kappa shape index (κ2) is 6.21. The minimum Gasteiger partial charge on any atom is -0.410 e. The lowest BCUT2D eigenvalue weighted by Gasteiger charge is -2.20. The van der Waals surface area contributed by atoms with Gasteiger partial charge in [-0.3, -0.25) is 4.90 Å². The van der Waals surface area contributed by atoms with Gasteiger partial charge in [0.1, 0.15) is 5.75 Å². The molecule has 4 heteroatoms. The minimum absolute atomic E-state index is 0.373. The van der Waals surface area contributed by atoms with Crippen LogP contribution < -0.4 is 15.4 Å². The number of rotatable bonds is 3. The van der Waals surface area contributed by atoms with Crippen molar-refractivity contribution in [3.63, 3.8) is 0 Å². The molecule has 0 aromatic heterocycles. The van der Waals surface area contributed by atoms with E-state index < -0.39 is 6.09 Å². The molecule has 2 N–H and O–H groups in total. The van der Waals surface area contributed by atoms with E-state index in [1.165, 1.54) is 4.90 Å². The Morgan fingerprint density at radius 3 is 2.50 bits per heavy atom. The van der Waals surface area contributed by atoms with Crippen LogP contribution in [0.15, 0.2) is 48.5 Å². The van der Waals surface area contributed by atoms with Gasteiger partial charge in [0, 0.05) is 13.6 Å². The second-order valence-electron chi connectivity index (χ2n) is 4.53. The fraction of sp³-hybridized carbons (Fsp3) is 0.188. The van der Waals surface area contributed by atoms with E-state index in [9.17, 15) is 4.79 Å². The third-order valence-corrected chi connectivity index (χ3v) is 3.14. The Kier molecular flexibility index (Phi) is 4.38. The highest BCUT2D eigenvalue weighted by molar-refractivity contribution is 5.89. The summed E-state index contributed by atoms with van der Waals surface area (Å²) in [5.74, 6) is 0.564. The Morgan fingerprint density at radius 2 is 1.80 bits per heavy atom. The van der Waals surface area contributed by atoms with Gasteiger partial charge in [0.25, 0.3) is 0 Å². The van der Waals surface area contributed by atoms with Crippen molar-refractivity contribution in [2.45, 2.75) is 13.5 Å². The van der Waals surface area contributed by atoms with E-state index in [-0.39, 0.29) is 0 Å². The zero-order valence-corrected chi connectivity index (χ0v) is 11.7. The van der Waals surface area contributed by atoms with Crippen molar-refractivity contribution in [2.24, 2.45) is 5.73 Å². The van der Waals surface area contributed by atoms with E-state index in [4.69, 9.17) is 10.5 Å². The zero-order valence-electron chi connectivity index (χ0n) is 11.7. The lowest BCUT2D eigenvalue weighted by molar-refractivity contribution is 0.208. The molecule has 2 aromatic rings. The van der Waals surface area contributed by atoms with E-state index in [1.807, 2.05) is 49.4 Å². The van der Waals surface area contributed by atoms with E-state index in [0.29, 0.717) is 12.3 Å². The van der Waals surface area contributed by atoms with Gasteiger partial charge in [-0.15, -0.1) is 0 Å². The number of carbonyl (C=O) groups is 1. The number of hydrogen-bond donors (Lipinski definition) is 1. The molecule has 0 aliphatic rings. The molecule has 0 aliphatic carbocycles. The van der Waals surface area contributed by atoms with Gasteiger partial charge in [0.2, 0.25) is 0 Å². The lowest BCUT2D eigenvalue weighted by Crippen LogP contribution is -2.30. The molecule has 0 radical (unpaired) electrons. The third kappa shape index (κ3) is 2.97. The Balaban J connectivity index is 2.19. The van der Waals surface area contributed by atoms with Crippen molar-refractivity contribution in [3.8, 4) is 5.75 Å².